The fourth-order valence-electron chi connectivity index (χ4n) is 1.74. The van der Waals surface area contributed by atoms with Crippen molar-refractivity contribution < 1.29 is 19.0 Å². The van der Waals surface area contributed by atoms with Gasteiger partial charge in [0, 0.05) is 12.1 Å². The second-order valence-corrected chi connectivity index (χ2v) is 4.52. The fraction of sp³-hybridized carbons (Fsp3) is 0.462. The number of methoxy groups -OCH3 is 3. The Kier molecular flexibility index (Phi) is 3.53. The van der Waals surface area contributed by atoms with E-state index in [9.17, 15) is 4.79 Å². The Morgan fingerprint density at radius 3 is 2.11 bits per heavy atom. The van der Waals surface area contributed by atoms with Gasteiger partial charge in [0.05, 0.1) is 32.6 Å². The Labute approximate surface area is 111 Å². The van der Waals surface area contributed by atoms with E-state index in [4.69, 9.17) is 19.9 Å². The number of hydrogen-bond acceptors (Lipinski definition) is 5. The predicted octanol–water partition coefficient (Wildman–Crippen LogP) is 1.14. The van der Waals surface area contributed by atoms with Gasteiger partial charge in [0.15, 0.2) is 11.5 Å². The maximum absolute atomic E-state index is 12.0. The van der Waals surface area contributed by atoms with Crippen LogP contribution in [0.3, 0.4) is 0 Å². The molecule has 0 bridgehead atoms. The van der Waals surface area contributed by atoms with Crippen molar-refractivity contribution in [2.75, 3.05) is 26.6 Å². The molecule has 1 aliphatic rings. The van der Waals surface area contributed by atoms with E-state index in [1.54, 1.807) is 12.1 Å². The summed E-state index contributed by atoms with van der Waals surface area (Å²) in [6.07, 6.45) is 1.41. The van der Waals surface area contributed by atoms with Crippen molar-refractivity contribution in [3.8, 4) is 17.2 Å². The van der Waals surface area contributed by atoms with Crippen LogP contribution in [-0.4, -0.2) is 32.8 Å². The third kappa shape index (κ3) is 2.58. The van der Waals surface area contributed by atoms with Crippen molar-refractivity contribution in [2.45, 2.75) is 18.4 Å². The molecule has 0 unspecified atom stereocenters. The van der Waals surface area contributed by atoms with Gasteiger partial charge in [0.1, 0.15) is 5.75 Å². The molecule has 0 aliphatic heterocycles. The van der Waals surface area contributed by atoms with Crippen LogP contribution in [0, 0.1) is 0 Å². The van der Waals surface area contributed by atoms with Crippen LogP contribution in [-0.2, 0) is 4.79 Å². The first kappa shape index (κ1) is 13.5. The minimum Gasteiger partial charge on any atom is -0.494 e. The highest BCUT2D eigenvalue weighted by molar-refractivity contribution is 6.01. The molecule has 0 saturated heterocycles. The van der Waals surface area contributed by atoms with Crippen molar-refractivity contribution in [2.24, 2.45) is 5.73 Å². The summed E-state index contributed by atoms with van der Waals surface area (Å²) in [5, 5.41) is 2.77. The SMILES string of the molecule is COc1cc(OC)c(OC)cc1NC(=O)C1(N)CC1. The summed E-state index contributed by atoms with van der Waals surface area (Å²) >= 11 is 0. The summed E-state index contributed by atoms with van der Waals surface area (Å²) in [6, 6.07) is 3.31. The third-order valence-electron chi connectivity index (χ3n) is 3.19. The summed E-state index contributed by atoms with van der Waals surface area (Å²) in [4.78, 5) is 12.0. The molecule has 0 radical (unpaired) electrons. The van der Waals surface area contributed by atoms with Crippen LogP contribution in [0.5, 0.6) is 17.2 Å². The lowest BCUT2D eigenvalue weighted by atomic mass is 10.2. The van der Waals surface area contributed by atoms with E-state index in [2.05, 4.69) is 5.32 Å². The Bertz CT molecular complexity index is 498. The first-order chi connectivity index (χ1) is 9.04. The lowest BCUT2D eigenvalue weighted by Gasteiger charge is -2.16. The zero-order chi connectivity index (χ0) is 14.0. The van der Waals surface area contributed by atoms with Gasteiger partial charge in [-0.05, 0) is 12.8 Å². The van der Waals surface area contributed by atoms with Crippen molar-refractivity contribution in [1.29, 1.82) is 0 Å². The van der Waals surface area contributed by atoms with Crippen LogP contribution in [0.1, 0.15) is 12.8 Å². The van der Waals surface area contributed by atoms with E-state index in [0.717, 1.165) is 0 Å². The molecule has 0 aromatic heterocycles. The number of carbonyl (C=O) groups excluding carboxylic acids is 1. The minimum atomic E-state index is -0.738. The summed E-state index contributed by atoms with van der Waals surface area (Å²) in [6.45, 7) is 0. The third-order valence-corrected chi connectivity index (χ3v) is 3.19. The lowest BCUT2D eigenvalue weighted by molar-refractivity contribution is -0.118. The molecular formula is C13H18N2O4. The van der Waals surface area contributed by atoms with Gasteiger partial charge in [-0.15, -0.1) is 0 Å². The second-order valence-electron chi connectivity index (χ2n) is 4.52. The number of benzene rings is 1. The summed E-state index contributed by atoms with van der Waals surface area (Å²) in [5.74, 6) is 1.33. The quantitative estimate of drug-likeness (QED) is 0.835. The Balaban J connectivity index is 2.30. The maximum Gasteiger partial charge on any atom is 0.244 e. The average molecular weight is 266 g/mol. The van der Waals surface area contributed by atoms with E-state index >= 15 is 0 Å². The molecule has 2 rings (SSSR count). The highest BCUT2D eigenvalue weighted by Crippen LogP contribution is 2.39. The van der Waals surface area contributed by atoms with Crippen molar-refractivity contribution in [1.82, 2.24) is 0 Å². The topological polar surface area (TPSA) is 82.8 Å². The van der Waals surface area contributed by atoms with Crippen LogP contribution < -0.4 is 25.3 Å². The largest absolute Gasteiger partial charge is 0.494 e. The number of ether oxygens (including phenoxy) is 3. The van der Waals surface area contributed by atoms with Gasteiger partial charge in [-0.3, -0.25) is 4.79 Å². The maximum atomic E-state index is 12.0. The molecule has 0 atom stereocenters. The molecule has 6 heteroatoms. The van der Waals surface area contributed by atoms with Crippen molar-refractivity contribution >= 4 is 11.6 Å². The van der Waals surface area contributed by atoms with Gasteiger partial charge in [-0.2, -0.15) is 0 Å². The van der Waals surface area contributed by atoms with Crippen LogP contribution in [0.4, 0.5) is 5.69 Å². The van der Waals surface area contributed by atoms with Gasteiger partial charge in [-0.25, -0.2) is 0 Å². The predicted molar refractivity (Wildman–Crippen MR) is 70.9 cm³/mol. The first-order valence-corrected chi connectivity index (χ1v) is 5.94. The average Bonchev–Trinajstić information content (AvgIpc) is 3.17. The van der Waals surface area contributed by atoms with E-state index in [1.807, 2.05) is 0 Å². The molecule has 0 spiro atoms. The van der Waals surface area contributed by atoms with Crippen molar-refractivity contribution in [3.63, 3.8) is 0 Å². The number of nitrogens with two attached hydrogens (primary N) is 1. The number of rotatable bonds is 5. The number of anilines is 1. The van der Waals surface area contributed by atoms with Crippen molar-refractivity contribution in [3.05, 3.63) is 12.1 Å². The molecular weight excluding hydrogens is 248 g/mol. The standard InChI is InChI=1S/C13H18N2O4/c1-17-9-7-11(19-3)10(18-2)6-8(9)15-12(16)13(14)4-5-13/h6-7H,4-5,14H2,1-3H3,(H,15,16). The van der Waals surface area contributed by atoms with E-state index < -0.39 is 5.54 Å². The van der Waals surface area contributed by atoms with E-state index in [0.29, 0.717) is 35.8 Å². The Hall–Kier alpha value is -1.95. The number of nitrogens with one attached hydrogen (secondary N) is 1. The normalized spacial score (nSPS) is 15.6. The molecule has 19 heavy (non-hydrogen) atoms. The molecule has 0 heterocycles. The zero-order valence-corrected chi connectivity index (χ0v) is 11.3. The van der Waals surface area contributed by atoms with Gasteiger partial charge < -0.3 is 25.3 Å². The van der Waals surface area contributed by atoms with Crippen LogP contribution in [0.2, 0.25) is 0 Å². The van der Waals surface area contributed by atoms with E-state index in [-0.39, 0.29) is 5.91 Å². The molecule has 104 valence electrons. The smallest absolute Gasteiger partial charge is 0.244 e. The molecule has 1 aliphatic carbocycles. The molecule has 1 amide bonds. The minimum absolute atomic E-state index is 0.210. The number of carbonyl (C=O) groups is 1. The highest BCUT2D eigenvalue weighted by Gasteiger charge is 2.46. The Morgan fingerprint density at radius 2 is 1.63 bits per heavy atom. The summed E-state index contributed by atoms with van der Waals surface area (Å²) < 4.78 is 15.6. The fourth-order valence-corrected chi connectivity index (χ4v) is 1.74. The molecule has 1 aromatic rings. The monoisotopic (exact) mass is 266 g/mol. The van der Waals surface area contributed by atoms with Gasteiger partial charge in [0.2, 0.25) is 5.91 Å². The van der Waals surface area contributed by atoms with Gasteiger partial charge in [0.25, 0.3) is 0 Å². The molecule has 6 nitrogen and oxygen atoms in total. The Morgan fingerprint density at radius 1 is 1.11 bits per heavy atom. The van der Waals surface area contributed by atoms with Crippen LogP contribution >= 0.6 is 0 Å². The zero-order valence-electron chi connectivity index (χ0n) is 11.3. The summed E-state index contributed by atoms with van der Waals surface area (Å²) in [5.41, 5.74) is 5.62. The second kappa shape index (κ2) is 4.97. The van der Waals surface area contributed by atoms with Crippen LogP contribution in [0.25, 0.3) is 0 Å². The molecule has 1 aromatic carbocycles. The van der Waals surface area contributed by atoms with Crippen LogP contribution in [0.15, 0.2) is 12.1 Å². The summed E-state index contributed by atoms with van der Waals surface area (Å²) in [7, 11) is 4.59. The first-order valence-electron chi connectivity index (χ1n) is 5.94. The number of amides is 1. The molecule has 1 saturated carbocycles. The highest BCUT2D eigenvalue weighted by atomic mass is 16.5. The lowest BCUT2D eigenvalue weighted by Crippen LogP contribution is -2.37. The number of hydrogen-bond donors (Lipinski definition) is 2. The van der Waals surface area contributed by atoms with Gasteiger partial charge >= 0.3 is 0 Å². The molecule has 3 N–H and O–H groups in total. The van der Waals surface area contributed by atoms with E-state index in [1.165, 1.54) is 21.3 Å². The van der Waals surface area contributed by atoms with Gasteiger partial charge in [-0.1, -0.05) is 0 Å². The molecule has 1 fully saturated rings.